The predicted octanol–water partition coefficient (Wildman–Crippen LogP) is 3.80. The molecule has 0 fully saturated rings. The monoisotopic (exact) mass is 462 g/mol. The number of fused-ring (bicyclic) bond motifs is 1. The molecule has 1 aromatic carbocycles. The fraction of sp³-hybridized carbons (Fsp3) is 0.226. The van der Waals surface area contributed by atoms with Gasteiger partial charge in [-0.15, -0.1) is 0 Å². The third-order valence-electron chi connectivity index (χ3n) is 7.35. The lowest BCUT2D eigenvalue weighted by molar-refractivity contribution is -0.705. The molecular formula is C31H34N4+4. The molecule has 4 heteroatoms. The van der Waals surface area contributed by atoms with Crippen molar-refractivity contribution in [2.24, 2.45) is 28.2 Å². The molecule has 35 heavy (non-hydrogen) atoms. The highest BCUT2D eigenvalue weighted by Crippen LogP contribution is 2.30. The van der Waals surface area contributed by atoms with Crippen LogP contribution < -0.4 is 18.3 Å². The van der Waals surface area contributed by atoms with Crippen LogP contribution in [0.2, 0.25) is 0 Å². The molecule has 0 aliphatic heterocycles. The molecule has 0 radical (unpaired) electrons. The van der Waals surface area contributed by atoms with Gasteiger partial charge in [-0.2, -0.15) is 18.3 Å². The molecule has 0 spiro atoms. The number of benzene rings is 1. The molecule has 0 aliphatic rings. The third-order valence-corrected chi connectivity index (χ3v) is 7.35. The summed E-state index contributed by atoms with van der Waals surface area (Å²) in [5.74, 6) is 0. The Bertz CT molecular complexity index is 1570. The van der Waals surface area contributed by atoms with Gasteiger partial charge in [0.25, 0.3) is 22.8 Å². The summed E-state index contributed by atoms with van der Waals surface area (Å²) < 4.78 is 9.09. The number of nitrogens with zero attached hydrogens (tertiary/aromatic N) is 4. The largest absolute Gasteiger partial charge is 0.285 e. The Labute approximate surface area is 208 Å². The van der Waals surface area contributed by atoms with Gasteiger partial charge in [-0.1, -0.05) is 18.2 Å². The molecule has 0 saturated carbocycles. The van der Waals surface area contributed by atoms with Gasteiger partial charge < -0.3 is 0 Å². The maximum atomic E-state index is 2.36. The quantitative estimate of drug-likeness (QED) is 0.361. The van der Waals surface area contributed by atoms with Gasteiger partial charge in [-0.05, 0) is 43.5 Å². The summed E-state index contributed by atoms with van der Waals surface area (Å²) >= 11 is 0. The van der Waals surface area contributed by atoms with Crippen LogP contribution in [0.5, 0.6) is 0 Å². The van der Waals surface area contributed by atoms with Crippen molar-refractivity contribution >= 4 is 10.8 Å². The highest BCUT2D eigenvalue weighted by atomic mass is 15.0. The van der Waals surface area contributed by atoms with Gasteiger partial charge in [-0.25, -0.2) is 0 Å². The second-order valence-electron chi connectivity index (χ2n) is 9.89. The average molecular weight is 463 g/mol. The molecule has 5 aromatic rings. The van der Waals surface area contributed by atoms with Gasteiger partial charge in [-0.3, -0.25) is 0 Å². The van der Waals surface area contributed by atoms with E-state index >= 15 is 0 Å². The first-order valence-corrected chi connectivity index (χ1v) is 12.1. The van der Waals surface area contributed by atoms with Gasteiger partial charge >= 0.3 is 0 Å². The van der Waals surface area contributed by atoms with Crippen molar-refractivity contribution in [3.63, 3.8) is 0 Å². The van der Waals surface area contributed by atoms with Crippen molar-refractivity contribution in [1.29, 1.82) is 0 Å². The SMILES string of the molecule is C[n+]1ccccc1-c1cccc(C(C)(C)c2cccc(-c3c4ccccc4cc[n+]3C)[n+]2C)[n+]1C. The zero-order valence-corrected chi connectivity index (χ0v) is 21.5. The Morgan fingerprint density at radius 2 is 1.11 bits per heavy atom. The summed E-state index contributed by atoms with van der Waals surface area (Å²) in [4.78, 5) is 0. The lowest BCUT2D eigenvalue weighted by Gasteiger charge is -2.21. The zero-order chi connectivity index (χ0) is 24.7. The fourth-order valence-electron chi connectivity index (χ4n) is 5.47. The Morgan fingerprint density at radius 3 is 1.83 bits per heavy atom. The third kappa shape index (κ3) is 3.79. The standard InChI is InChI=1S/C31H34N4/c1-31(2,28-18-11-16-26(34(28)5)25-15-9-10-21-32(25)3)29-19-12-17-27(35(29)6)30-24-14-8-7-13-23(24)20-22-33(30)4/h7-22H,1-6H3/q+4. The first-order chi connectivity index (χ1) is 16.8. The fourth-order valence-corrected chi connectivity index (χ4v) is 5.47. The summed E-state index contributed by atoms with van der Waals surface area (Å²) in [6.07, 6.45) is 4.25. The summed E-state index contributed by atoms with van der Waals surface area (Å²) in [6, 6.07) is 30.4. The summed E-state index contributed by atoms with van der Waals surface area (Å²) in [7, 11) is 8.59. The van der Waals surface area contributed by atoms with E-state index in [1.165, 1.54) is 44.9 Å². The Balaban J connectivity index is 1.69. The maximum absolute atomic E-state index is 2.36. The van der Waals surface area contributed by atoms with E-state index in [0.717, 1.165) is 0 Å². The molecule has 0 unspecified atom stereocenters. The van der Waals surface area contributed by atoms with Crippen molar-refractivity contribution in [2.45, 2.75) is 19.3 Å². The van der Waals surface area contributed by atoms with Gasteiger partial charge in [0.15, 0.2) is 23.8 Å². The zero-order valence-electron chi connectivity index (χ0n) is 21.5. The van der Waals surface area contributed by atoms with E-state index in [1.807, 2.05) is 0 Å². The van der Waals surface area contributed by atoms with E-state index in [9.17, 15) is 0 Å². The van der Waals surface area contributed by atoms with Crippen molar-refractivity contribution in [1.82, 2.24) is 0 Å². The van der Waals surface area contributed by atoms with Crippen LogP contribution in [0.15, 0.2) is 97.3 Å². The number of aromatic nitrogens is 4. The number of hydrogen-bond donors (Lipinski definition) is 0. The minimum absolute atomic E-state index is 0.230. The van der Waals surface area contributed by atoms with E-state index in [1.54, 1.807) is 0 Å². The summed E-state index contributed by atoms with van der Waals surface area (Å²) in [6.45, 7) is 4.64. The molecule has 4 heterocycles. The molecule has 4 nitrogen and oxygen atoms in total. The molecule has 0 N–H and O–H groups in total. The average Bonchev–Trinajstić information content (AvgIpc) is 2.85. The highest BCUT2D eigenvalue weighted by Gasteiger charge is 2.41. The molecular weight excluding hydrogens is 428 g/mol. The lowest BCUT2D eigenvalue weighted by Crippen LogP contribution is -2.50. The topological polar surface area (TPSA) is 15.5 Å². The number of pyridine rings is 4. The second-order valence-corrected chi connectivity index (χ2v) is 9.89. The Morgan fingerprint density at radius 1 is 0.514 bits per heavy atom. The van der Waals surface area contributed by atoms with Crippen molar-refractivity contribution in [3.8, 4) is 22.8 Å². The molecule has 4 aromatic heterocycles. The van der Waals surface area contributed by atoms with Crippen LogP contribution in [0.25, 0.3) is 33.5 Å². The molecule has 0 bridgehead atoms. The number of hydrogen-bond acceptors (Lipinski definition) is 0. The molecule has 5 rings (SSSR count). The van der Waals surface area contributed by atoms with Gasteiger partial charge in [0.2, 0.25) is 0 Å². The van der Waals surface area contributed by atoms with Crippen LogP contribution in [0, 0.1) is 0 Å². The summed E-state index contributed by atoms with van der Waals surface area (Å²) in [5.41, 5.74) is 7.08. The van der Waals surface area contributed by atoms with Gasteiger partial charge in [0, 0.05) is 42.5 Å². The molecule has 0 atom stereocenters. The molecule has 0 saturated heterocycles. The van der Waals surface area contributed by atoms with Crippen LogP contribution in [0.3, 0.4) is 0 Å². The summed E-state index contributed by atoms with van der Waals surface area (Å²) in [5, 5.41) is 2.51. The first-order valence-electron chi connectivity index (χ1n) is 12.1. The Hall–Kier alpha value is -3.92. The molecule has 0 amide bonds. The van der Waals surface area contributed by atoms with Crippen LogP contribution in [-0.2, 0) is 33.6 Å². The number of rotatable bonds is 4. The second kappa shape index (κ2) is 8.70. The van der Waals surface area contributed by atoms with E-state index < -0.39 is 0 Å². The predicted molar refractivity (Wildman–Crippen MR) is 138 cm³/mol. The normalized spacial score (nSPS) is 11.7. The van der Waals surface area contributed by atoms with Gasteiger partial charge in [0.05, 0.1) is 5.39 Å². The highest BCUT2D eigenvalue weighted by molar-refractivity contribution is 5.91. The molecule has 174 valence electrons. The van der Waals surface area contributed by atoms with Crippen molar-refractivity contribution in [3.05, 3.63) is 109 Å². The smallest absolute Gasteiger partial charge is 0.196 e. The van der Waals surface area contributed by atoms with Gasteiger partial charge in [0.1, 0.15) is 33.6 Å². The van der Waals surface area contributed by atoms with E-state index in [2.05, 4.69) is 158 Å². The van der Waals surface area contributed by atoms with Crippen LogP contribution >= 0.6 is 0 Å². The maximum Gasteiger partial charge on any atom is 0.285 e. The Kier molecular flexibility index (Phi) is 5.68. The van der Waals surface area contributed by atoms with Crippen LogP contribution in [-0.4, -0.2) is 0 Å². The van der Waals surface area contributed by atoms with E-state index in [4.69, 9.17) is 0 Å². The van der Waals surface area contributed by atoms with Crippen LogP contribution in [0.1, 0.15) is 25.2 Å². The lowest BCUT2D eigenvalue weighted by atomic mass is 9.83. The minimum Gasteiger partial charge on any atom is -0.196 e. The van der Waals surface area contributed by atoms with Crippen molar-refractivity contribution in [2.75, 3.05) is 0 Å². The first kappa shape index (κ1) is 22.9. The van der Waals surface area contributed by atoms with E-state index in [-0.39, 0.29) is 5.41 Å². The number of aryl methyl sites for hydroxylation is 2. The molecule has 0 aliphatic carbocycles. The van der Waals surface area contributed by atoms with E-state index in [0.29, 0.717) is 0 Å². The minimum atomic E-state index is -0.230. The van der Waals surface area contributed by atoms with Crippen LogP contribution in [0.4, 0.5) is 0 Å². The van der Waals surface area contributed by atoms with Crippen molar-refractivity contribution < 1.29 is 18.3 Å².